The molecule has 4 rings (SSSR count). The maximum absolute atomic E-state index is 14.1. The number of carbonyl (C=O) groups is 3. The maximum atomic E-state index is 14.1. The molecule has 3 amide bonds. The Kier molecular flexibility index (Phi) is 11.1. The number of halogens is 1. The highest BCUT2D eigenvalue weighted by Gasteiger charge is 2.20. The summed E-state index contributed by atoms with van der Waals surface area (Å²) in [6, 6.07) is 28.9. The number of anilines is 2. The van der Waals surface area contributed by atoms with E-state index >= 15 is 0 Å². The summed E-state index contributed by atoms with van der Waals surface area (Å²) in [6.07, 6.45) is 2.07. The van der Waals surface area contributed by atoms with E-state index in [2.05, 4.69) is 16.0 Å². The Morgan fingerprint density at radius 3 is 2.33 bits per heavy atom. The number of ether oxygens (including phenoxy) is 1. The second-order valence-corrected chi connectivity index (χ2v) is 10.6. The minimum Gasteiger partial charge on any atom is -0.493 e. The molecule has 0 aliphatic carbocycles. The van der Waals surface area contributed by atoms with Crippen molar-refractivity contribution < 1.29 is 23.5 Å². The molecule has 0 radical (unpaired) electrons. The van der Waals surface area contributed by atoms with E-state index in [1.807, 2.05) is 32.0 Å². The predicted octanol–water partition coefficient (Wildman–Crippen LogP) is 7.14. The first kappa shape index (κ1) is 31.1. The van der Waals surface area contributed by atoms with E-state index in [-0.39, 0.29) is 17.3 Å². The fourth-order valence-corrected chi connectivity index (χ4v) is 5.11. The van der Waals surface area contributed by atoms with E-state index in [4.69, 9.17) is 4.74 Å². The van der Waals surface area contributed by atoms with Gasteiger partial charge in [0.15, 0.2) is 0 Å². The SMILES string of the molecule is CCOc1ccccc1/C=C(/NC(=O)c1ccccc1)C(=O)Nc1cccc(SC(CC)C(=O)Nc2ccccc2F)c1. The molecule has 0 fully saturated rings. The summed E-state index contributed by atoms with van der Waals surface area (Å²) in [5, 5.41) is 7.74. The zero-order valence-corrected chi connectivity index (χ0v) is 24.6. The molecule has 9 heteroatoms. The summed E-state index contributed by atoms with van der Waals surface area (Å²) < 4.78 is 19.8. The second-order valence-electron chi connectivity index (χ2n) is 9.31. The van der Waals surface area contributed by atoms with Gasteiger partial charge in [-0.3, -0.25) is 14.4 Å². The molecule has 4 aromatic carbocycles. The quantitative estimate of drug-likeness (QED) is 0.119. The van der Waals surface area contributed by atoms with Crippen LogP contribution in [0.2, 0.25) is 0 Å². The summed E-state index contributed by atoms with van der Waals surface area (Å²) in [7, 11) is 0. The molecule has 0 bridgehead atoms. The van der Waals surface area contributed by atoms with Crippen molar-refractivity contribution in [2.75, 3.05) is 17.2 Å². The number of nitrogens with one attached hydrogen (secondary N) is 3. The van der Waals surface area contributed by atoms with Gasteiger partial charge in [-0.25, -0.2) is 4.39 Å². The van der Waals surface area contributed by atoms with E-state index in [1.54, 1.807) is 78.9 Å². The molecule has 4 aromatic rings. The number of hydrogen-bond acceptors (Lipinski definition) is 5. The maximum Gasteiger partial charge on any atom is 0.272 e. The Balaban J connectivity index is 1.54. The number of rotatable bonds is 12. The van der Waals surface area contributed by atoms with Crippen LogP contribution in [0.15, 0.2) is 114 Å². The van der Waals surface area contributed by atoms with Gasteiger partial charge in [0.25, 0.3) is 11.8 Å². The summed E-state index contributed by atoms with van der Waals surface area (Å²) in [5.41, 5.74) is 1.64. The van der Waals surface area contributed by atoms with Crippen molar-refractivity contribution in [3.05, 3.63) is 126 Å². The number of amides is 3. The van der Waals surface area contributed by atoms with E-state index < -0.39 is 22.9 Å². The lowest BCUT2D eigenvalue weighted by atomic mass is 10.1. The minimum atomic E-state index is -0.540. The number of thioether (sulfide) groups is 1. The lowest BCUT2D eigenvalue weighted by Crippen LogP contribution is -2.30. The molecule has 0 saturated carbocycles. The second kappa shape index (κ2) is 15.4. The van der Waals surface area contributed by atoms with Crippen LogP contribution < -0.4 is 20.7 Å². The van der Waals surface area contributed by atoms with Crippen molar-refractivity contribution in [1.29, 1.82) is 0 Å². The largest absolute Gasteiger partial charge is 0.493 e. The van der Waals surface area contributed by atoms with Gasteiger partial charge >= 0.3 is 0 Å². The Morgan fingerprint density at radius 2 is 1.58 bits per heavy atom. The van der Waals surface area contributed by atoms with Gasteiger partial charge < -0.3 is 20.7 Å². The van der Waals surface area contributed by atoms with Gasteiger partial charge in [0.1, 0.15) is 17.3 Å². The first-order valence-electron chi connectivity index (χ1n) is 13.8. The molecule has 0 heterocycles. The fraction of sp³-hybridized carbons (Fsp3) is 0.147. The van der Waals surface area contributed by atoms with Gasteiger partial charge in [0.2, 0.25) is 5.91 Å². The third-order valence-corrected chi connectivity index (χ3v) is 7.57. The van der Waals surface area contributed by atoms with E-state index in [0.717, 1.165) is 4.90 Å². The van der Waals surface area contributed by atoms with Crippen molar-refractivity contribution in [3.63, 3.8) is 0 Å². The molecule has 0 saturated heterocycles. The van der Waals surface area contributed by atoms with E-state index in [9.17, 15) is 18.8 Å². The summed E-state index contributed by atoms with van der Waals surface area (Å²) in [5.74, 6) is -1.24. The third-order valence-electron chi connectivity index (χ3n) is 6.21. The summed E-state index contributed by atoms with van der Waals surface area (Å²) >= 11 is 1.30. The van der Waals surface area contributed by atoms with Gasteiger partial charge in [0.05, 0.1) is 17.5 Å². The molecule has 0 aliphatic heterocycles. The molecule has 1 atom stereocenters. The van der Waals surface area contributed by atoms with Crippen LogP contribution >= 0.6 is 11.8 Å². The number of benzene rings is 4. The first-order chi connectivity index (χ1) is 20.9. The Morgan fingerprint density at radius 1 is 0.860 bits per heavy atom. The zero-order valence-electron chi connectivity index (χ0n) is 23.8. The lowest BCUT2D eigenvalue weighted by Gasteiger charge is -2.16. The Bertz CT molecular complexity index is 1610. The van der Waals surface area contributed by atoms with Crippen LogP contribution in [-0.4, -0.2) is 29.6 Å². The molecular weight excluding hydrogens is 565 g/mol. The molecule has 0 spiro atoms. The number of carbonyl (C=O) groups excluding carboxylic acids is 3. The molecule has 0 aromatic heterocycles. The molecule has 7 nitrogen and oxygen atoms in total. The van der Waals surface area contributed by atoms with Gasteiger partial charge in [-0.05, 0) is 68.0 Å². The summed E-state index contributed by atoms with van der Waals surface area (Å²) in [4.78, 5) is 40.2. The first-order valence-corrected chi connectivity index (χ1v) is 14.7. The van der Waals surface area contributed by atoms with Crippen LogP contribution in [0.1, 0.15) is 36.2 Å². The van der Waals surface area contributed by atoms with Crippen molar-refractivity contribution in [3.8, 4) is 5.75 Å². The van der Waals surface area contributed by atoms with Crippen molar-refractivity contribution in [1.82, 2.24) is 5.32 Å². The van der Waals surface area contributed by atoms with Crippen LogP contribution in [0.5, 0.6) is 5.75 Å². The van der Waals surface area contributed by atoms with E-state index in [1.165, 1.54) is 23.9 Å². The monoisotopic (exact) mass is 597 g/mol. The highest BCUT2D eigenvalue weighted by Crippen LogP contribution is 2.29. The number of hydrogen-bond donors (Lipinski definition) is 3. The predicted molar refractivity (Wildman–Crippen MR) is 170 cm³/mol. The fourth-order valence-electron chi connectivity index (χ4n) is 4.09. The molecule has 43 heavy (non-hydrogen) atoms. The van der Waals surface area contributed by atoms with Gasteiger partial charge in [0, 0.05) is 21.7 Å². The van der Waals surface area contributed by atoms with Gasteiger partial charge in [-0.2, -0.15) is 0 Å². The van der Waals surface area contributed by atoms with Crippen molar-refractivity contribution in [2.24, 2.45) is 0 Å². The standard InChI is InChI=1S/C34H32FN3O4S/c1-3-31(34(41)37-28-19-10-9-18-27(28)35)43-26-17-12-16-25(22-26)36-33(40)29(38-32(39)23-13-6-5-7-14-23)21-24-15-8-11-20-30(24)42-4-2/h5-22,31H,3-4H2,1-2H3,(H,36,40)(H,37,41)(H,38,39)/b29-21+. The topological polar surface area (TPSA) is 96.5 Å². The van der Waals surface area contributed by atoms with Crippen LogP contribution in [-0.2, 0) is 9.59 Å². The average Bonchev–Trinajstić information content (AvgIpc) is 3.02. The highest BCUT2D eigenvalue weighted by molar-refractivity contribution is 8.00. The average molecular weight is 598 g/mol. The molecule has 1 unspecified atom stereocenters. The van der Waals surface area contributed by atoms with Crippen LogP contribution in [0.25, 0.3) is 6.08 Å². The van der Waals surface area contributed by atoms with Crippen LogP contribution in [0.3, 0.4) is 0 Å². The van der Waals surface area contributed by atoms with Gasteiger partial charge in [-0.15, -0.1) is 11.8 Å². The summed E-state index contributed by atoms with van der Waals surface area (Å²) in [6.45, 7) is 4.17. The van der Waals surface area contributed by atoms with Crippen LogP contribution in [0.4, 0.5) is 15.8 Å². The molecule has 3 N–H and O–H groups in total. The minimum absolute atomic E-state index is 0.0229. The Hall–Kier alpha value is -4.89. The highest BCUT2D eigenvalue weighted by atomic mass is 32.2. The lowest BCUT2D eigenvalue weighted by molar-refractivity contribution is -0.116. The molecule has 220 valence electrons. The normalized spacial score (nSPS) is 11.7. The van der Waals surface area contributed by atoms with Crippen molar-refractivity contribution >= 4 is 46.9 Å². The Labute approximate surface area is 254 Å². The molecule has 0 aliphatic rings. The zero-order chi connectivity index (χ0) is 30.6. The third kappa shape index (κ3) is 8.80. The van der Waals surface area contributed by atoms with Crippen LogP contribution in [0, 0.1) is 5.82 Å². The number of para-hydroxylation sites is 2. The molecular formula is C34H32FN3O4S. The smallest absolute Gasteiger partial charge is 0.272 e. The van der Waals surface area contributed by atoms with Crippen molar-refractivity contribution in [2.45, 2.75) is 30.4 Å². The van der Waals surface area contributed by atoms with E-state index in [0.29, 0.717) is 35.6 Å². The van der Waals surface area contributed by atoms with Gasteiger partial charge in [-0.1, -0.05) is 61.5 Å².